The normalized spacial score (nSPS) is 12.7. The molecule has 1 aliphatic heterocycles. The summed E-state index contributed by atoms with van der Waals surface area (Å²) in [5.41, 5.74) is 5.88. The molecule has 1 aliphatic rings. The molecule has 3 aromatic rings. The van der Waals surface area contributed by atoms with Gasteiger partial charge in [-0.05, 0) is 36.2 Å². The molecule has 1 aromatic heterocycles. The third-order valence-corrected chi connectivity index (χ3v) is 5.10. The van der Waals surface area contributed by atoms with Crippen LogP contribution in [0.3, 0.4) is 0 Å². The smallest absolute Gasteiger partial charge is 0.423 e. The Hall–Kier alpha value is -4.35. The number of methoxy groups -OCH3 is 1. The molecule has 2 aromatic carbocycles. The predicted octanol–water partition coefficient (Wildman–Crippen LogP) is 3.69. The first-order chi connectivity index (χ1) is 16.1. The number of carbonyl (C=O) groups excluding carboxylic acids is 2. The monoisotopic (exact) mass is 473 g/mol. The standard InChI is InChI=1S/C22H18F3N5O4/c1-10-6-14(16(33-2)7-12(10)18(26)31)29-21-28-9-13(22(23,24)25)20(30-21)34-15-5-3-4-11-8-27-19(32)17(11)15/h3-7,9H,8H2,1-2H3,(H2,26,31)(H,27,32)(H,28,29,30). The molecule has 0 atom stereocenters. The van der Waals surface area contributed by atoms with Gasteiger partial charge in [0.25, 0.3) is 5.91 Å². The van der Waals surface area contributed by atoms with Crippen molar-refractivity contribution in [1.29, 1.82) is 0 Å². The largest absolute Gasteiger partial charge is 0.495 e. The molecule has 0 fully saturated rings. The van der Waals surface area contributed by atoms with Crippen molar-refractivity contribution >= 4 is 23.5 Å². The number of halogens is 3. The number of nitrogens with zero attached hydrogens (tertiary/aromatic N) is 2. The molecule has 176 valence electrons. The Morgan fingerprint density at radius 1 is 1.24 bits per heavy atom. The van der Waals surface area contributed by atoms with Crippen molar-refractivity contribution in [3.63, 3.8) is 0 Å². The first-order valence-electron chi connectivity index (χ1n) is 9.86. The molecule has 0 saturated carbocycles. The minimum absolute atomic E-state index is 0.0677. The van der Waals surface area contributed by atoms with E-state index in [0.29, 0.717) is 17.3 Å². The summed E-state index contributed by atoms with van der Waals surface area (Å²) in [4.78, 5) is 31.4. The van der Waals surface area contributed by atoms with E-state index < -0.39 is 29.4 Å². The fraction of sp³-hybridized carbons (Fsp3) is 0.182. The van der Waals surface area contributed by atoms with Gasteiger partial charge in [0, 0.05) is 18.3 Å². The molecule has 12 heteroatoms. The maximum absolute atomic E-state index is 13.6. The van der Waals surface area contributed by atoms with Crippen molar-refractivity contribution in [2.45, 2.75) is 19.6 Å². The van der Waals surface area contributed by atoms with Gasteiger partial charge in [-0.15, -0.1) is 0 Å². The van der Waals surface area contributed by atoms with E-state index in [0.717, 1.165) is 0 Å². The number of rotatable bonds is 6. The lowest BCUT2D eigenvalue weighted by Gasteiger charge is -2.16. The van der Waals surface area contributed by atoms with E-state index >= 15 is 0 Å². The number of hydrogen-bond donors (Lipinski definition) is 3. The number of nitrogens with one attached hydrogen (secondary N) is 2. The average molecular weight is 473 g/mol. The van der Waals surface area contributed by atoms with Gasteiger partial charge < -0.3 is 25.8 Å². The van der Waals surface area contributed by atoms with Gasteiger partial charge >= 0.3 is 6.18 Å². The highest BCUT2D eigenvalue weighted by Crippen LogP contribution is 2.39. The Morgan fingerprint density at radius 3 is 2.68 bits per heavy atom. The van der Waals surface area contributed by atoms with E-state index in [1.807, 2.05) is 0 Å². The van der Waals surface area contributed by atoms with Crippen molar-refractivity contribution in [3.8, 4) is 17.4 Å². The zero-order valence-electron chi connectivity index (χ0n) is 17.9. The summed E-state index contributed by atoms with van der Waals surface area (Å²) in [6.45, 7) is 1.88. The number of alkyl halides is 3. The molecule has 9 nitrogen and oxygen atoms in total. The van der Waals surface area contributed by atoms with Crippen LogP contribution in [0.5, 0.6) is 17.4 Å². The lowest BCUT2D eigenvalue weighted by atomic mass is 10.1. The highest BCUT2D eigenvalue weighted by molar-refractivity contribution is 6.01. The molecule has 2 amide bonds. The van der Waals surface area contributed by atoms with Crippen LogP contribution < -0.4 is 25.8 Å². The highest BCUT2D eigenvalue weighted by atomic mass is 19.4. The Kier molecular flexibility index (Phi) is 5.73. The highest BCUT2D eigenvalue weighted by Gasteiger charge is 2.37. The van der Waals surface area contributed by atoms with Crippen LogP contribution >= 0.6 is 0 Å². The summed E-state index contributed by atoms with van der Waals surface area (Å²) in [7, 11) is 1.35. The van der Waals surface area contributed by atoms with Crippen LogP contribution in [0.25, 0.3) is 0 Å². The first kappa shape index (κ1) is 22.8. The fourth-order valence-electron chi connectivity index (χ4n) is 3.47. The maximum Gasteiger partial charge on any atom is 0.423 e. The van der Waals surface area contributed by atoms with Gasteiger partial charge in [-0.1, -0.05) is 12.1 Å². The molecule has 0 bridgehead atoms. The number of carbonyl (C=O) groups is 2. The average Bonchev–Trinajstić information content (AvgIpc) is 3.15. The number of ether oxygens (including phenoxy) is 2. The Bertz CT molecular complexity index is 1310. The summed E-state index contributed by atoms with van der Waals surface area (Å²) in [5.74, 6) is -2.01. The van der Waals surface area contributed by atoms with Gasteiger partial charge in [-0.2, -0.15) is 18.2 Å². The third-order valence-electron chi connectivity index (χ3n) is 5.10. The minimum Gasteiger partial charge on any atom is -0.495 e. The zero-order chi connectivity index (χ0) is 24.6. The van der Waals surface area contributed by atoms with Crippen molar-refractivity contribution < 1.29 is 32.2 Å². The number of benzene rings is 2. The van der Waals surface area contributed by atoms with Crippen LogP contribution in [0.15, 0.2) is 36.5 Å². The van der Waals surface area contributed by atoms with E-state index in [1.165, 1.54) is 25.3 Å². The second-order valence-electron chi connectivity index (χ2n) is 7.34. The van der Waals surface area contributed by atoms with Gasteiger partial charge in [-0.3, -0.25) is 9.59 Å². The predicted molar refractivity (Wildman–Crippen MR) is 114 cm³/mol. The van der Waals surface area contributed by atoms with Gasteiger partial charge in [0.05, 0.1) is 18.4 Å². The van der Waals surface area contributed by atoms with Crippen molar-refractivity contribution in [3.05, 3.63) is 64.3 Å². The third kappa shape index (κ3) is 4.29. The van der Waals surface area contributed by atoms with E-state index in [1.54, 1.807) is 19.1 Å². The number of amides is 2. The fourth-order valence-corrected chi connectivity index (χ4v) is 3.47. The summed E-state index contributed by atoms with van der Waals surface area (Å²) >= 11 is 0. The van der Waals surface area contributed by atoms with Crippen LogP contribution in [0, 0.1) is 6.92 Å². The van der Waals surface area contributed by atoms with Crippen LogP contribution in [0.1, 0.15) is 37.4 Å². The number of aryl methyl sites for hydroxylation is 1. The molecule has 0 aliphatic carbocycles. The minimum atomic E-state index is -4.81. The van der Waals surface area contributed by atoms with Crippen LogP contribution in [0.4, 0.5) is 24.8 Å². The van der Waals surface area contributed by atoms with Crippen LogP contribution in [-0.2, 0) is 12.7 Å². The second-order valence-corrected chi connectivity index (χ2v) is 7.34. The summed E-state index contributed by atoms with van der Waals surface area (Å²) in [6, 6.07) is 7.54. The quantitative estimate of drug-likeness (QED) is 0.498. The van der Waals surface area contributed by atoms with Gasteiger partial charge in [0.15, 0.2) is 0 Å². The molecular formula is C22H18F3N5O4. The lowest BCUT2D eigenvalue weighted by molar-refractivity contribution is -0.139. The molecule has 0 spiro atoms. The topological polar surface area (TPSA) is 128 Å². The molecule has 0 saturated heterocycles. The molecule has 4 rings (SSSR count). The SMILES string of the molecule is COc1cc(C(N)=O)c(C)cc1Nc1ncc(C(F)(F)F)c(Oc2cccc3c2C(=O)NC3)n1. The molecule has 4 N–H and O–H groups in total. The second kappa shape index (κ2) is 8.54. The number of aromatic nitrogens is 2. The summed E-state index contributed by atoms with van der Waals surface area (Å²) in [6.07, 6.45) is -4.24. The van der Waals surface area contributed by atoms with E-state index in [-0.39, 0.29) is 40.8 Å². The Balaban J connectivity index is 1.75. The number of fused-ring (bicyclic) bond motifs is 1. The van der Waals surface area contributed by atoms with Crippen molar-refractivity contribution in [2.75, 3.05) is 12.4 Å². The van der Waals surface area contributed by atoms with Gasteiger partial charge in [0.2, 0.25) is 17.7 Å². The number of anilines is 2. The zero-order valence-corrected chi connectivity index (χ0v) is 17.9. The van der Waals surface area contributed by atoms with Gasteiger partial charge in [-0.25, -0.2) is 4.98 Å². The van der Waals surface area contributed by atoms with E-state index in [2.05, 4.69) is 20.6 Å². The van der Waals surface area contributed by atoms with Crippen LogP contribution in [0.2, 0.25) is 0 Å². The number of nitrogens with two attached hydrogens (primary N) is 1. The molecule has 34 heavy (non-hydrogen) atoms. The molecule has 2 heterocycles. The summed E-state index contributed by atoms with van der Waals surface area (Å²) < 4.78 is 51.6. The molecule has 0 unspecified atom stereocenters. The van der Waals surface area contributed by atoms with Gasteiger partial charge in [0.1, 0.15) is 17.1 Å². The first-order valence-corrected chi connectivity index (χ1v) is 9.86. The number of primary amides is 1. The number of hydrogen-bond acceptors (Lipinski definition) is 7. The Labute approximate surface area is 191 Å². The molecular weight excluding hydrogens is 455 g/mol. The van der Waals surface area contributed by atoms with Crippen molar-refractivity contribution in [1.82, 2.24) is 15.3 Å². The van der Waals surface area contributed by atoms with E-state index in [9.17, 15) is 22.8 Å². The van der Waals surface area contributed by atoms with Crippen LogP contribution in [-0.4, -0.2) is 28.9 Å². The maximum atomic E-state index is 13.6. The van der Waals surface area contributed by atoms with Crippen molar-refractivity contribution in [2.24, 2.45) is 5.73 Å². The summed E-state index contributed by atoms with van der Waals surface area (Å²) in [5, 5.41) is 5.37. The molecule has 0 radical (unpaired) electrons. The Morgan fingerprint density at radius 2 is 2.00 bits per heavy atom. The van der Waals surface area contributed by atoms with E-state index in [4.69, 9.17) is 15.2 Å². The lowest BCUT2D eigenvalue weighted by Crippen LogP contribution is -2.14.